The van der Waals surface area contributed by atoms with Gasteiger partial charge in [0, 0.05) is 5.69 Å². The van der Waals surface area contributed by atoms with Gasteiger partial charge in [-0.3, -0.25) is 14.4 Å². The van der Waals surface area contributed by atoms with Crippen LogP contribution in [0.4, 0.5) is 18.9 Å². The first-order valence-corrected chi connectivity index (χ1v) is 9.29. The summed E-state index contributed by atoms with van der Waals surface area (Å²) in [5, 5.41) is 4.62. The number of hydrogen-bond donors (Lipinski definition) is 2. The van der Waals surface area contributed by atoms with E-state index in [1.807, 2.05) is 0 Å². The van der Waals surface area contributed by atoms with Crippen LogP contribution in [0.25, 0.3) is 0 Å². The molecule has 0 spiro atoms. The molecule has 0 radical (unpaired) electrons. The van der Waals surface area contributed by atoms with Crippen LogP contribution in [0.3, 0.4) is 0 Å². The van der Waals surface area contributed by atoms with Crippen molar-refractivity contribution in [2.24, 2.45) is 0 Å². The molecule has 2 N–H and O–H groups in total. The summed E-state index contributed by atoms with van der Waals surface area (Å²) >= 11 is 0. The van der Waals surface area contributed by atoms with Crippen molar-refractivity contribution in [1.82, 2.24) is 5.32 Å². The lowest BCUT2D eigenvalue weighted by Crippen LogP contribution is -2.36. The summed E-state index contributed by atoms with van der Waals surface area (Å²) in [5.41, 5.74) is -0.791. The van der Waals surface area contributed by atoms with Crippen LogP contribution in [-0.4, -0.2) is 37.0 Å². The lowest BCUT2D eigenvalue weighted by molar-refractivity contribution is -0.152. The van der Waals surface area contributed by atoms with Crippen LogP contribution in [-0.2, 0) is 20.5 Å². The predicted molar refractivity (Wildman–Crippen MR) is 106 cm³/mol. The number of benzene rings is 2. The molecule has 7 nitrogen and oxygen atoms in total. The van der Waals surface area contributed by atoms with Gasteiger partial charge in [-0.05, 0) is 44.2 Å². The number of anilines is 1. The van der Waals surface area contributed by atoms with Gasteiger partial charge in [0.25, 0.3) is 11.8 Å². The van der Waals surface area contributed by atoms with Gasteiger partial charge < -0.3 is 20.1 Å². The number of alkyl halides is 3. The first-order chi connectivity index (χ1) is 14.6. The second-order valence-corrected chi connectivity index (χ2v) is 6.31. The fraction of sp³-hybridized carbons (Fsp3) is 0.286. The smallest absolute Gasteiger partial charge is 0.416 e. The largest absolute Gasteiger partial charge is 0.493 e. The van der Waals surface area contributed by atoms with E-state index < -0.39 is 42.2 Å². The highest BCUT2D eigenvalue weighted by atomic mass is 19.4. The third kappa shape index (κ3) is 7.02. The molecule has 0 unspecified atom stereocenters. The van der Waals surface area contributed by atoms with Crippen molar-refractivity contribution >= 4 is 23.5 Å². The summed E-state index contributed by atoms with van der Waals surface area (Å²) in [4.78, 5) is 36.3. The molecule has 166 valence electrons. The second kappa shape index (κ2) is 10.5. The minimum atomic E-state index is -4.56. The summed E-state index contributed by atoms with van der Waals surface area (Å²) in [6, 6.07) is 10.5. The summed E-state index contributed by atoms with van der Waals surface area (Å²) < 4.78 is 48.5. The van der Waals surface area contributed by atoms with E-state index in [1.165, 1.54) is 19.1 Å². The number of para-hydroxylation sites is 1. The highest BCUT2D eigenvalue weighted by Crippen LogP contribution is 2.30. The standard InChI is InChI=1S/C21H21F3N2O5/c1-3-30-17-10-5-4-9-16(17)20(29)25-12-18(27)31-13(2)19(28)26-15-8-6-7-14(11-15)21(22,23)24/h4-11,13H,3,12H2,1-2H3,(H,25,29)(H,26,28)/t13-/m1/s1. The average Bonchev–Trinajstić information content (AvgIpc) is 2.72. The number of carbonyl (C=O) groups excluding carboxylic acids is 3. The first-order valence-electron chi connectivity index (χ1n) is 9.29. The molecule has 0 saturated carbocycles. The van der Waals surface area contributed by atoms with Crippen LogP contribution in [0.2, 0.25) is 0 Å². The summed E-state index contributed by atoms with van der Waals surface area (Å²) in [6.45, 7) is 2.86. The zero-order valence-electron chi connectivity index (χ0n) is 16.8. The van der Waals surface area contributed by atoms with E-state index >= 15 is 0 Å². The molecule has 0 fully saturated rings. The van der Waals surface area contributed by atoms with E-state index in [4.69, 9.17) is 9.47 Å². The predicted octanol–water partition coefficient (Wildman–Crippen LogP) is 3.40. The van der Waals surface area contributed by atoms with Gasteiger partial charge >= 0.3 is 12.1 Å². The molecule has 2 aromatic carbocycles. The maximum absolute atomic E-state index is 12.8. The molecule has 0 aromatic heterocycles. The zero-order chi connectivity index (χ0) is 23.0. The normalized spacial score (nSPS) is 11.9. The quantitative estimate of drug-likeness (QED) is 0.617. The molecule has 0 saturated heterocycles. The molecule has 2 rings (SSSR count). The lowest BCUT2D eigenvalue weighted by Gasteiger charge is -2.15. The van der Waals surface area contributed by atoms with Crippen LogP contribution >= 0.6 is 0 Å². The van der Waals surface area contributed by atoms with Gasteiger partial charge in [0.2, 0.25) is 0 Å². The van der Waals surface area contributed by atoms with E-state index in [2.05, 4.69) is 10.6 Å². The molecule has 0 aliphatic rings. The first kappa shape index (κ1) is 23.7. The number of ether oxygens (including phenoxy) is 2. The van der Waals surface area contributed by atoms with Gasteiger partial charge in [-0.1, -0.05) is 18.2 Å². The van der Waals surface area contributed by atoms with E-state index in [-0.39, 0.29) is 11.3 Å². The second-order valence-electron chi connectivity index (χ2n) is 6.31. The van der Waals surface area contributed by atoms with Crippen molar-refractivity contribution in [3.05, 3.63) is 59.7 Å². The number of hydrogen-bond acceptors (Lipinski definition) is 5. The Balaban J connectivity index is 1.88. The van der Waals surface area contributed by atoms with E-state index in [0.717, 1.165) is 18.2 Å². The summed E-state index contributed by atoms with van der Waals surface area (Å²) in [6.07, 6.45) is -5.85. The monoisotopic (exact) mass is 438 g/mol. The fourth-order valence-electron chi connectivity index (χ4n) is 2.49. The molecule has 2 amide bonds. The minimum Gasteiger partial charge on any atom is -0.493 e. The molecule has 31 heavy (non-hydrogen) atoms. The van der Waals surface area contributed by atoms with Crippen molar-refractivity contribution in [3.63, 3.8) is 0 Å². The van der Waals surface area contributed by atoms with Gasteiger partial charge in [0.1, 0.15) is 12.3 Å². The third-order valence-electron chi connectivity index (χ3n) is 3.96. The van der Waals surface area contributed by atoms with Crippen molar-refractivity contribution < 1.29 is 37.0 Å². The highest BCUT2D eigenvalue weighted by Gasteiger charge is 2.30. The maximum atomic E-state index is 12.8. The van der Waals surface area contributed by atoms with Gasteiger partial charge in [0.05, 0.1) is 17.7 Å². The van der Waals surface area contributed by atoms with Crippen molar-refractivity contribution in [1.29, 1.82) is 0 Å². The Bertz CT molecular complexity index is 947. The summed E-state index contributed by atoms with van der Waals surface area (Å²) in [7, 11) is 0. The number of amides is 2. The lowest BCUT2D eigenvalue weighted by atomic mass is 10.2. The van der Waals surface area contributed by atoms with Crippen molar-refractivity contribution in [2.75, 3.05) is 18.5 Å². The molecule has 0 aliphatic carbocycles. The van der Waals surface area contributed by atoms with E-state index in [1.54, 1.807) is 25.1 Å². The Morgan fingerprint density at radius 1 is 1.06 bits per heavy atom. The van der Waals surface area contributed by atoms with Crippen LogP contribution in [0.1, 0.15) is 29.8 Å². The molecule has 0 bridgehead atoms. The Hall–Kier alpha value is -3.56. The van der Waals surface area contributed by atoms with Crippen LogP contribution in [0.5, 0.6) is 5.75 Å². The van der Waals surface area contributed by atoms with Gasteiger partial charge in [0.15, 0.2) is 6.10 Å². The highest BCUT2D eigenvalue weighted by molar-refractivity contribution is 5.99. The molecular weight excluding hydrogens is 417 g/mol. The number of halogens is 3. The Kier molecular flexibility index (Phi) is 8.00. The Morgan fingerprint density at radius 2 is 1.77 bits per heavy atom. The molecule has 2 aromatic rings. The number of esters is 1. The molecular formula is C21H21F3N2O5. The molecule has 0 heterocycles. The average molecular weight is 438 g/mol. The van der Waals surface area contributed by atoms with E-state index in [9.17, 15) is 27.6 Å². The molecule has 0 aliphatic heterocycles. The van der Waals surface area contributed by atoms with Crippen LogP contribution in [0, 0.1) is 0 Å². The summed E-state index contributed by atoms with van der Waals surface area (Å²) in [5.74, 6) is -1.93. The van der Waals surface area contributed by atoms with Crippen molar-refractivity contribution in [3.8, 4) is 5.75 Å². The van der Waals surface area contributed by atoms with Crippen LogP contribution < -0.4 is 15.4 Å². The van der Waals surface area contributed by atoms with Gasteiger partial charge in [-0.15, -0.1) is 0 Å². The van der Waals surface area contributed by atoms with Gasteiger partial charge in [-0.2, -0.15) is 13.2 Å². The maximum Gasteiger partial charge on any atom is 0.416 e. The Morgan fingerprint density at radius 3 is 2.45 bits per heavy atom. The van der Waals surface area contributed by atoms with E-state index in [0.29, 0.717) is 12.4 Å². The van der Waals surface area contributed by atoms with Crippen LogP contribution in [0.15, 0.2) is 48.5 Å². The zero-order valence-corrected chi connectivity index (χ0v) is 16.8. The molecule has 10 heteroatoms. The Labute approximate surface area is 176 Å². The fourth-order valence-corrected chi connectivity index (χ4v) is 2.49. The van der Waals surface area contributed by atoms with Gasteiger partial charge in [-0.25, -0.2) is 0 Å². The topological polar surface area (TPSA) is 93.7 Å². The SMILES string of the molecule is CCOc1ccccc1C(=O)NCC(=O)O[C@H](C)C(=O)Nc1cccc(C(F)(F)F)c1. The molecule has 1 atom stereocenters. The number of carbonyl (C=O) groups is 3. The third-order valence-corrected chi connectivity index (χ3v) is 3.96. The van der Waals surface area contributed by atoms with Crippen molar-refractivity contribution in [2.45, 2.75) is 26.1 Å². The minimum absolute atomic E-state index is 0.0939. The number of nitrogens with one attached hydrogen (secondary N) is 2. The number of rotatable bonds is 8.